The van der Waals surface area contributed by atoms with Crippen molar-refractivity contribution < 1.29 is 35.9 Å². The Morgan fingerprint density at radius 3 is 2.73 bits per heavy atom. The molecular weight excluding hydrogens is 524 g/mol. The average molecular weight is 546 g/mol. The highest BCUT2D eigenvalue weighted by Crippen LogP contribution is 2.29. The molecule has 1 amide bonds. The minimum atomic E-state index is -4.61. The normalized spacial score (nSPS) is 16.4. The molecule has 0 unspecified atom stereocenters. The summed E-state index contributed by atoms with van der Waals surface area (Å²) in [6, 6.07) is 3.77. The summed E-state index contributed by atoms with van der Waals surface area (Å²) < 4.78 is 87.6. The molecule has 0 saturated carbocycles. The average Bonchev–Trinajstić information content (AvgIpc) is 3.41. The molecule has 1 fully saturated rings. The first-order chi connectivity index (χ1) is 17.5. The van der Waals surface area contributed by atoms with Crippen molar-refractivity contribution in [2.75, 3.05) is 25.0 Å². The lowest BCUT2D eigenvalue weighted by molar-refractivity contribution is -0.141. The maximum Gasteiger partial charge on any atom is 0.434 e. The van der Waals surface area contributed by atoms with Gasteiger partial charge in [-0.15, -0.1) is 0 Å². The molecule has 2 aromatic heterocycles. The van der Waals surface area contributed by atoms with Crippen LogP contribution in [0.4, 0.5) is 32.0 Å². The third-order valence-electron chi connectivity index (χ3n) is 5.61. The Morgan fingerprint density at radius 2 is 2.05 bits per heavy atom. The number of amides is 1. The zero-order valence-corrected chi connectivity index (χ0v) is 20.2. The van der Waals surface area contributed by atoms with Crippen molar-refractivity contribution in [1.29, 1.82) is 0 Å². The molecular formula is C23H21F6N5O2S. The molecule has 0 radical (unpaired) electrons. The standard InChI is InChI=1S/C23H21F6N5O2S/c1-12-21(18(37-33-12)7-14-8-31-19(9-30-14)23(27,28)29)22(35)32-13-2-3-16(24)17(6-13)36-15-4-5-34(10-15)11-20(25)26/h2-3,6,8-9,15,20H,4-5,7,10-11H2,1H3,(H,32,35)/t15-/m1/s1. The number of benzene rings is 1. The van der Waals surface area contributed by atoms with Crippen LogP contribution in [0, 0.1) is 12.7 Å². The fourth-order valence-electron chi connectivity index (χ4n) is 3.88. The van der Waals surface area contributed by atoms with Crippen molar-refractivity contribution in [3.8, 4) is 5.75 Å². The number of carbonyl (C=O) groups excluding carboxylic acids is 1. The number of anilines is 1. The number of halogens is 6. The lowest BCUT2D eigenvalue weighted by atomic mass is 10.1. The van der Waals surface area contributed by atoms with E-state index in [1.54, 1.807) is 6.92 Å². The molecule has 4 rings (SSSR count). The molecule has 1 aliphatic heterocycles. The number of rotatable bonds is 8. The minimum absolute atomic E-state index is 0.0357. The number of hydrogen-bond donors (Lipinski definition) is 1. The number of hydrogen-bond acceptors (Lipinski definition) is 7. The van der Waals surface area contributed by atoms with Crippen LogP contribution in [0.2, 0.25) is 0 Å². The first-order valence-corrected chi connectivity index (χ1v) is 11.9. The molecule has 7 nitrogen and oxygen atoms in total. The van der Waals surface area contributed by atoms with Crippen LogP contribution in [0.15, 0.2) is 30.6 Å². The monoisotopic (exact) mass is 545 g/mol. The molecule has 37 heavy (non-hydrogen) atoms. The van der Waals surface area contributed by atoms with Gasteiger partial charge in [-0.2, -0.15) is 17.5 Å². The molecule has 1 saturated heterocycles. The number of alkyl halides is 5. The summed E-state index contributed by atoms with van der Waals surface area (Å²) >= 11 is 1.01. The summed E-state index contributed by atoms with van der Waals surface area (Å²) in [5, 5.41) is 2.65. The summed E-state index contributed by atoms with van der Waals surface area (Å²) in [4.78, 5) is 22.2. The van der Waals surface area contributed by atoms with Crippen molar-refractivity contribution in [3.63, 3.8) is 0 Å². The first-order valence-electron chi connectivity index (χ1n) is 11.1. The van der Waals surface area contributed by atoms with Gasteiger partial charge in [0.1, 0.15) is 6.10 Å². The number of ether oxygens (including phenoxy) is 1. The van der Waals surface area contributed by atoms with Gasteiger partial charge >= 0.3 is 6.18 Å². The lowest BCUT2D eigenvalue weighted by Gasteiger charge is -2.17. The molecule has 3 heterocycles. The summed E-state index contributed by atoms with van der Waals surface area (Å²) in [5.74, 6) is -1.34. The van der Waals surface area contributed by atoms with Crippen molar-refractivity contribution in [2.24, 2.45) is 0 Å². The molecule has 0 spiro atoms. The van der Waals surface area contributed by atoms with Crippen LogP contribution in [0.3, 0.4) is 0 Å². The first kappa shape index (κ1) is 26.8. The highest BCUT2D eigenvalue weighted by atomic mass is 32.1. The van der Waals surface area contributed by atoms with Gasteiger partial charge in [-0.3, -0.25) is 14.7 Å². The fourth-order valence-corrected chi connectivity index (χ4v) is 4.77. The van der Waals surface area contributed by atoms with E-state index in [0.29, 0.717) is 29.7 Å². The van der Waals surface area contributed by atoms with Gasteiger partial charge < -0.3 is 10.1 Å². The van der Waals surface area contributed by atoms with Gasteiger partial charge in [0.15, 0.2) is 17.3 Å². The van der Waals surface area contributed by atoms with E-state index in [0.717, 1.165) is 23.8 Å². The van der Waals surface area contributed by atoms with Crippen molar-refractivity contribution in [1.82, 2.24) is 19.2 Å². The Bertz CT molecular complexity index is 1250. The number of likely N-dealkylation sites (tertiary alicyclic amines) is 1. The zero-order chi connectivity index (χ0) is 26.7. The van der Waals surface area contributed by atoms with Crippen molar-refractivity contribution in [3.05, 3.63) is 63.9 Å². The van der Waals surface area contributed by atoms with Crippen LogP contribution in [0.5, 0.6) is 5.75 Å². The molecule has 1 aliphatic rings. The summed E-state index contributed by atoms with van der Waals surface area (Å²) in [6.07, 6.45) is -5.45. The Balaban J connectivity index is 1.44. The van der Waals surface area contributed by atoms with Crippen LogP contribution in [-0.4, -0.2) is 57.3 Å². The Morgan fingerprint density at radius 1 is 1.27 bits per heavy atom. The smallest absolute Gasteiger partial charge is 0.434 e. The van der Waals surface area contributed by atoms with Gasteiger partial charge in [0.25, 0.3) is 12.3 Å². The second-order valence-electron chi connectivity index (χ2n) is 8.41. The third kappa shape index (κ3) is 6.74. The maximum atomic E-state index is 14.4. The number of carbonyl (C=O) groups is 1. The zero-order valence-electron chi connectivity index (χ0n) is 19.4. The van der Waals surface area contributed by atoms with Crippen LogP contribution >= 0.6 is 11.5 Å². The number of nitrogens with one attached hydrogen (secondary N) is 1. The Labute approximate surface area is 211 Å². The van der Waals surface area contributed by atoms with Crippen LogP contribution in [0.25, 0.3) is 0 Å². The predicted molar refractivity (Wildman–Crippen MR) is 123 cm³/mol. The van der Waals surface area contributed by atoms with Gasteiger partial charge in [0.2, 0.25) is 0 Å². The van der Waals surface area contributed by atoms with Gasteiger partial charge in [-0.25, -0.2) is 18.2 Å². The minimum Gasteiger partial charge on any atom is -0.486 e. The highest BCUT2D eigenvalue weighted by molar-refractivity contribution is 7.06. The van der Waals surface area contributed by atoms with E-state index in [1.807, 2.05) is 0 Å². The SMILES string of the molecule is Cc1nsc(Cc2cnc(C(F)(F)F)cn2)c1C(=O)Nc1ccc(F)c(O[C@@H]2CCN(CC(F)F)C2)c1. The van der Waals surface area contributed by atoms with E-state index in [1.165, 1.54) is 17.0 Å². The van der Waals surface area contributed by atoms with Crippen molar-refractivity contribution >= 4 is 23.1 Å². The number of aryl methyl sites for hydroxylation is 1. The second kappa shape index (κ2) is 11.0. The highest BCUT2D eigenvalue weighted by Gasteiger charge is 2.33. The van der Waals surface area contributed by atoms with Gasteiger partial charge in [0, 0.05) is 42.3 Å². The van der Waals surface area contributed by atoms with E-state index in [-0.39, 0.29) is 42.2 Å². The van der Waals surface area contributed by atoms with Gasteiger partial charge in [0.05, 0.1) is 29.7 Å². The molecule has 0 bridgehead atoms. The number of nitrogens with zero attached hydrogens (tertiary/aromatic N) is 4. The van der Waals surface area contributed by atoms with Gasteiger partial charge in [-0.1, -0.05) is 0 Å². The molecule has 1 N–H and O–H groups in total. The fraction of sp³-hybridized carbons (Fsp3) is 0.391. The largest absolute Gasteiger partial charge is 0.486 e. The van der Waals surface area contributed by atoms with Crippen molar-refractivity contribution in [2.45, 2.75) is 38.5 Å². The summed E-state index contributed by atoms with van der Waals surface area (Å²) in [7, 11) is 0. The maximum absolute atomic E-state index is 14.4. The number of aromatic nitrogens is 3. The Kier molecular flexibility index (Phi) is 7.97. The summed E-state index contributed by atoms with van der Waals surface area (Å²) in [6.45, 7) is 1.87. The molecule has 0 aliphatic carbocycles. The van der Waals surface area contributed by atoms with E-state index in [2.05, 4.69) is 19.7 Å². The van der Waals surface area contributed by atoms with Gasteiger partial charge in [-0.05, 0) is 37.0 Å². The quantitative estimate of drug-likeness (QED) is 0.403. The molecule has 1 atom stereocenters. The second-order valence-corrected chi connectivity index (χ2v) is 9.27. The van der Waals surface area contributed by atoms with E-state index in [9.17, 15) is 31.1 Å². The third-order valence-corrected chi connectivity index (χ3v) is 6.54. The van der Waals surface area contributed by atoms with Crippen LogP contribution < -0.4 is 10.1 Å². The predicted octanol–water partition coefficient (Wildman–Crippen LogP) is 4.96. The Hall–Kier alpha value is -3.26. The topological polar surface area (TPSA) is 80.2 Å². The molecule has 198 valence electrons. The van der Waals surface area contributed by atoms with E-state index >= 15 is 0 Å². The van der Waals surface area contributed by atoms with E-state index < -0.39 is 36.1 Å². The molecule has 14 heteroatoms. The van der Waals surface area contributed by atoms with Crippen LogP contribution in [-0.2, 0) is 12.6 Å². The molecule has 1 aromatic carbocycles. The van der Waals surface area contributed by atoms with Crippen LogP contribution in [0.1, 0.15) is 38.7 Å². The summed E-state index contributed by atoms with van der Waals surface area (Å²) in [5.41, 5.74) is -0.0448. The lowest BCUT2D eigenvalue weighted by Crippen LogP contribution is -2.29. The van der Waals surface area contributed by atoms with E-state index in [4.69, 9.17) is 4.74 Å². The molecule has 3 aromatic rings.